The van der Waals surface area contributed by atoms with Crippen LogP contribution in [0, 0.1) is 0 Å². The van der Waals surface area contributed by atoms with Crippen molar-refractivity contribution in [1.82, 2.24) is 5.32 Å². The molecule has 1 aromatic heterocycles. The molecule has 0 aliphatic rings. The number of carbonyl (C=O) groups is 4. The fourth-order valence-electron chi connectivity index (χ4n) is 4.27. The van der Waals surface area contributed by atoms with Crippen molar-refractivity contribution in [2.24, 2.45) is 5.73 Å². The van der Waals surface area contributed by atoms with Crippen LogP contribution < -0.4 is 21.7 Å². The predicted molar refractivity (Wildman–Crippen MR) is 174 cm³/mol. The Morgan fingerprint density at radius 2 is 1.42 bits per heavy atom. The molecule has 0 fully saturated rings. The maximum absolute atomic E-state index is 13.5. The fraction of sp³-hybridized carbons (Fsp3) is 0.0286. The van der Waals surface area contributed by atoms with Crippen LogP contribution in [0.1, 0.15) is 37.3 Å². The highest BCUT2D eigenvalue weighted by Gasteiger charge is 2.23. The molecule has 0 aliphatic heterocycles. The zero-order chi connectivity index (χ0) is 31.6. The van der Waals surface area contributed by atoms with Gasteiger partial charge in [0.1, 0.15) is 16.7 Å². The molecule has 0 spiro atoms. The second kappa shape index (κ2) is 14.5. The van der Waals surface area contributed by atoms with Gasteiger partial charge in [-0.05, 0) is 72.3 Å². The van der Waals surface area contributed by atoms with E-state index < -0.39 is 23.0 Å². The van der Waals surface area contributed by atoms with E-state index in [4.69, 9.17) is 10.2 Å². The highest BCUT2D eigenvalue weighted by atomic mass is 32.2. The van der Waals surface area contributed by atoms with Crippen LogP contribution in [0.5, 0.6) is 0 Å². The molecule has 1 unspecified atom stereocenters. The quantitative estimate of drug-likeness (QED) is 0.102. The van der Waals surface area contributed by atoms with Gasteiger partial charge >= 0.3 is 0 Å². The Bertz CT molecular complexity index is 1820. The minimum Gasteiger partial charge on any atom is -0.465 e. The molecule has 45 heavy (non-hydrogen) atoms. The average Bonchev–Trinajstić information content (AvgIpc) is 3.58. The summed E-state index contributed by atoms with van der Waals surface area (Å²) in [6, 6.07) is 34.6. The number of furan rings is 1. The number of carbonyl (C=O) groups excluding carboxylic acids is 4. The third-order valence-electron chi connectivity index (χ3n) is 6.48. The normalized spacial score (nSPS) is 11.7. The summed E-state index contributed by atoms with van der Waals surface area (Å²) in [5.41, 5.74) is 7.79. The van der Waals surface area contributed by atoms with Crippen molar-refractivity contribution in [2.75, 3.05) is 10.6 Å². The Morgan fingerprint density at radius 3 is 2.09 bits per heavy atom. The molecule has 5 N–H and O–H groups in total. The molecule has 1 heterocycles. The minimum absolute atomic E-state index is 0.0132. The zero-order valence-corrected chi connectivity index (χ0v) is 24.6. The number of thioether (sulfide) groups is 1. The summed E-state index contributed by atoms with van der Waals surface area (Å²) in [7, 11) is 0. The van der Waals surface area contributed by atoms with Crippen LogP contribution in [-0.4, -0.2) is 23.6 Å². The van der Waals surface area contributed by atoms with Crippen LogP contribution >= 0.6 is 11.8 Å². The van der Waals surface area contributed by atoms with E-state index in [0.717, 1.165) is 5.56 Å². The van der Waals surface area contributed by atoms with Gasteiger partial charge in [0, 0.05) is 33.5 Å². The lowest BCUT2D eigenvalue weighted by molar-refractivity contribution is -0.116. The number of hydrogen-bond acceptors (Lipinski definition) is 6. The van der Waals surface area contributed by atoms with Gasteiger partial charge in [0.05, 0.1) is 6.26 Å². The summed E-state index contributed by atoms with van der Waals surface area (Å²) in [5, 5.41) is 7.76. The molecule has 5 aromatic rings. The van der Waals surface area contributed by atoms with Crippen LogP contribution in [0.4, 0.5) is 11.4 Å². The third kappa shape index (κ3) is 8.37. The summed E-state index contributed by atoms with van der Waals surface area (Å²) < 4.78 is 5.37. The number of anilines is 2. The standard InChI is InChI=1S/C35H28N4O5S/c36-32(40)24-16-18-26(19-17-24)37-35(43)31(23-9-3-1-4-10-23)45-29-15-7-13-27(21-29)38-34(42)30(22-28-14-8-20-44-28)39-33(41)25-11-5-2-6-12-25/h1-22,31H,(H2,36,40)(H,37,43)(H,38,42)(H,39,41)/b30-22-. The first kappa shape index (κ1) is 30.6. The number of primary amides is 1. The molecule has 9 nitrogen and oxygen atoms in total. The van der Waals surface area contributed by atoms with Crippen LogP contribution in [0.2, 0.25) is 0 Å². The molecular formula is C35H28N4O5S. The van der Waals surface area contributed by atoms with E-state index >= 15 is 0 Å². The lowest BCUT2D eigenvalue weighted by Gasteiger charge is -2.18. The first-order valence-electron chi connectivity index (χ1n) is 13.8. The number of nitrogens with two attached hydrogens (primary N) is 1. The first-order valence-corrected chi connectivity index (χ1v) is 14.7. The summed E-state index contributed by atoms with van der Waals surface area (Å²) >= 11 is 1.30. The summed E-state index contributed by atoms with van der Waals surface area (Å²) in [4.78, 5) is 51.9. The van der Waals surface area contributed by atoms with Crippen molar-refractivity contribution in [3.63, 3.8) is 0 Å². The Balaban J connectivity index is 1.34. The Hall–Kier alpha value is -5.87. The van der Waals surface area contributed by atoms with Gasteiger partial charge in [-0.3, -0.25) is 19.2 Å². The van der Waals surface area contributed by atoms with E-state index in [1.54, 1.807) is 84.9 Å². The number of hydrogen-bond donors (Lipinski definition) is 4. The van der Waals surface area contributed by atoms with E-state index in [2.05, 4.69) is 16.0 Å². The lowest BCUT2D eigenvalue weighted by atomic mass is 10.1. The van der Waals surface area contributed by atoms with Gasteiger partial charge in [-0.15, -0.1) is 11.8 Å². The molecule has 4 aromatic carbocycles. The van der Waals surface area contributed by atoms with Gasteiger partial charge in [0.2, 0.25) is 11.8 Å². The van der Waals surface area contributed by atoms with Gasteiger partial charge in [0.25, 0.3) is 11.8 Å². The number of benzene rings is 4. The van der Waals surface area contributed by atoms with Crippen LogP contribution in [0.15, 0.2) is 143 Å². The SMILES string of the molecule is NC(=O)c1ccc(NC(=O)C(Sc2cccc(NC(=O)/C(=C/c3ccco3)NC(=O)c3ccccc3)c2)c2ccccc2)cc1. The lowest BCUT2D eigenvalue weighted by Crippen LogP contribution is -2.30. The molecule has 0 aliphatic carbocycles. The molecule has 0 saturated carbocycles. The molecule has 224 valence electrons. The molecule has 10 heteroatoms. The monoisotopic (exact) mass is 616 g/mol. The molecule has 0 radical (unpaired) electrons. The Morgan fingerprint density at radius 1 is 0.711 bits per heavy atom. The van der Waals surface area contributed by atoms with Crippen molar-refractivity contribution in [3.8, 4) is 0 Å². The van der Waals surface area contributed by atoms with Gasteiger partial charge in [0.15, 0.2) is 0 Å². The van der Waals surface area contributed by atoms with Gasteiger partial charge in [-0.1, -0.05) is 54.6 Å². The molecule has 0 saturated heterocycles. The predicted octanol–water partition coefficient (Wildman–Crippen LogP) is 6.26. The number of amides is 4. The highest BCUT2D eigenvalue weighted by Crippen LogP contribution is 2.37. The van der Waals surface area contributed by atoms with E-state index in [1.807, 2.05) is 36.4 Å². The maximum atomic E-state index is 13.5. The number of nitrogens with one attached hydrogen (secondary N) is 3. The third-order valence-corrected chi connectivity index (χ3v) is 7.73. The van der Waals surface area contributed by atoms with Gasteiger partial charge in [-0.25, -0.2) is 0 Å². The van der Waals surface area contributed by atoms with Crippen molar-refractivity contribution >= 4 is 52.8 Å². The molecule has 5 rings (SSSR count). The minimum atomic E-state index is -0.646. The second-order valence-electron chi connectivity index (χ2n) is 9.71. The maximum Gasteiger partial charge on any atom is 0.272 e. The van der Waals surface area contributed by atoms with Crippen molar-refractivity contribution in [1.29, 1.82) is 0 Å². The summed E-state index contributed by atoms with van der Waals surface area (Å²) in [6.45, 7) is 0. The molecule has 1 atom stereocenters. The van der Waals surface area contributed by atoms with E-state index in [0.29, 0.717) is 33.2 Å². The van der Waals surface area contributed by atoms with Crippen molar-refractivity contribution in [2.45, 2.75) is 10.1 Å². The van der Waals surface area contributed by atoms with Crippen LogP contribution in [0.3, 0.4) is 0 Å². The van der Waals surface area contributed by atoms with Crippen molar-refractivity contribution < 1.29 is 23.6 Å². The van der Waals surface area contributed by atoms with Crippen LogP contribution in [0.25, 0.3) is 6.08 Å². The first-order chi connectivity index (χ1) is 21.9. The van der Waals surface area contributed by atoms with E-state index in [1.165, 1.54) is 24.1 Å². The fourth-order valence-corrected chi connectivity index (χ4v) is 5.35. The largest absolute Gasteiger partial charge is 0.465 e. The topological polar surface area (TPSA) is 144 Å². The smallest absolute Gasteiger partial charge is 0.272 e. The van der Waals surface area contributed by atoms with E-state index in [-0.39, 0.29) is 11.6 Å². The van der Waals surface area contributed by atoms with Crippen LogP contribution in [-0.2, 0) is 9.59 Å². The molecule has 0 bridgehead atoms. The Labute approximate surface area is 263 Å². The zero-order valence-electron chi connectivity index (χ0n) is 23.8. The number of rotatable bonds is 11. The molecule has 4 amide bonds. The summed E-state index contributed by atoms with van der Waals surface area (Å²) in [5.74, 6) is -1.46. The van der Waals surface area contributed by atoms with Gasteiger partial charge < -0.3 is 26.1 Å². The Kier molecular flexibility index (Phi) is 9.88. The average molecular weight is 617 g/mol. The van der Waals surface area contributed by atoms with Gasteiger partial charge in [-0.2, -0.15) is 0 Å². The summed E-state index contributed by atoms with van der Waals surface area (Å²) in [6.07, 6.45) is 2.91. The molecular weight excluding hydrogens is 588 g/mol. The van der Waals surface area contributed by atoms with E-state index in [9.17, 15) is 19.2 Å². The van der Waals surface area contributed by atoms with Crippen molar-refractivity contribution in [3.05, 3.63) is 156 Å². The second-order valence-corrected chi connectivity index (χ2v) is 10.9. The highest BCUT2D eigenvalue weighted by molar-refractivity contribution is 8.00.